The van der Waals surface area contributed by atoms with Crippen LogP contribution in [0.25, 0.3) is 11.0 Å². The van der Waals surface area contributed by atoms with Gasteiger partial charge in [-0.2, -0.15) is 5.10 Å². The molecule has 35 heavy (non-hydrogen) atoms. The second kappa shape index (κ2) is 9.93. The number of pyridine rings is 1. The highest BCUT2D eigenvalue weighted by Gasteiger charge is 2.26. The minimum Gasteiger partial charge on any atom is -0.493 e. The molecule has 4 rings (SSSR count). The number of carbonyl (C=O) groups is 2. The monoisotopic (exact) mass is 479 g/mol. The second-order valence-corrected chi connectivity index (χ2v) is 9.38. The summed E-state index contributed by atoms with van der Waals surface area (Å²) in [5, 5.41) is 8.10. The fraction of sp³-hybridized carbons (Fsp3) is 0.462. The molecule has 0 unspecified atom stereocenters. The average molecular weight is 480 g/mol. The third-order valence-electron chi connectivity index (χ3n) is 6.31. The van der Waals surface area contributed by atoms with Crippen molar-refractivity contribution in [2.45, 2.75) is 52.5 Å². The lowest BCUT2D eigenvalue weighted by atomic mass is 10.0. The van der Waals surface area contributed by atoms with E-state index in [0.717, 1.165) is 18.5 Å². The predicted octanol–water partition coefficient (Wildman–Crippen LogP) is 4.64. The first-order valence-corrected chi connectivity index (χ1v) is 12.0. The van der Waals surface area contributed by atoms with Gasteiger partial charge in [-0.1, -0.05) is 13.8 Å². The van der Waals surface area contributed by atoms with Gasteiger partial charge in [0.05, 0.1) is 42.6 Å². The minimum atomic E-state index is -0.342. The number of amides is 2. The maximum absolute atomic E-state index is 13.7. The molecule has 186 valence electrons. The zero-order chi connectivity index (χ0) is 25.3. The Morgan fingerprint density at radius 3 is 2.23 bits per heavy atom. The van der Waals surface area contributed by atoms with Crippen molar-refractivity contribution in [1.82, 2.24) is 19.7 Å². The van der Waals surface area contributed by atoms with Crippen molar-refractivity contribution in [3.8, 4) is 11.5 Å². The molecule has 0 bridgehead atoms. The number of nitrogens with zero attached hydrogens (tertiary/aromatic N) is 4. The number of methoxy groups -OCH3 is 2. The van der Waals surface area contributed by atoms with Gasteiger partial charge in [0.1, 0.15) is 0 Å². The van der Waals surface area contributed by atoms with Crippen LogP contribution in [0.4, 0.5) is 5.69 Å². The molecule has 1 N–H and O–H groups in total. The number of rotatable bonds is 7. The van der Waals surface area contributed by atoms with E-state index in [-0.39, 0.29) is 23.8 Å². The van der Waals surface area contributed by atoms with Crippen molar-refractivity contribution in [2.75, 3.05) is 32.6 Å². The first kappa shape index (κ1) is 24.5. The van der Waals surface area contributed by atoms with Gasteiger partial charge in [0.2, 0.25) is 0 Å². The summed E-state index contributed by atoms with van der Waals surface area (Å²) in [4.78, 5) is 33.6. The Kier molecular flexibility index (Phi) is 6.95. The van der Waals surface area contributed by atoms with Crippen molar-refractivity contribution in [1.29, 1.82) is 0 Å². The molecule has 9 nitrogen and oxygen atoms in total. The van der Waals surface area contributed by atoms with Gasteiger partial charge >= 0.3 is 0 Å². The molecule has 0 spiro atoms. The van der Waals surface area contributed by atoms with E-state index in [1.165, 1.54) is 14.2 Å². The maximum Gasteiger partial charge on any atom is 0.256 e. The van der Waals surface area contributed by atoms with Crippen LogP contribution in [-0.4, -0.2) is 58.8 Å². The molecule has 2 aromatic heterocycles. The highest BCUT2D eigenvalue weighted by molar-refractivity contribution is 6.14. The molecule has 1 aliphatic heterocycles. The Morgan fingerprint density at radius 2 is 1.63 bits per heavy atom. The normalized spacial score (nSPS) is 13.7. The number of carbonyl (C=O) groups excluding carboxylic acids is 2. The van der Waals surface area contributed by atoms with E-state index in [0.29, 0.717) is 52.4 Å². The molecule has 3 aromatic rings. The molecule has 1 aliphatic rings. The lowest BCUT2D eigenvalue weighted by Gasteiger charge is -2.20. The molecule has 1 fully saturated rings. The zero-order valence-electron chi connectivity index (χ0n) is 21.2. The van der Waals surface area contributed by atoms with Crippen molar-refractivity contribution in [3.63, 3.8) is 0 Å². The summed E-state index contributed by atoms with van der Waals surface area (Å²) in [7, 11) is 3.04. The SMILES string of the molecule is COc1cc(NC(=O)c2cc(C(C)C)nc3c2cnn3C(C)C)c(C(=O)N2CCCC2)cc1OC. The van der Waals surface area contributed by atoms with Crippen LogP contribution in [0, 0.1) is 0 Å². The van der Waals surface area contributed by atoms with Crippen LogP contribution in [-0.2, 0) is 0 Å². The van der Waals surface area contributed by atoms with Crippen LogP contribution in [0.2, 0.25) is 0 Å². The topological polar surface area (TPSA) is 98.6 Å². The Labute approximate surface area is 205 Å². The molecule has 3 heterocycles. The molecule has 0 aliphatic carbocycles. The summed E-state index contributed by atoms with van der Waals surface area (Å²) in [5.41, 5.74) is 2.66. The quantitative estimate of drug-likeness (QED) is 0.530. The number of hydrogen-bond acceptors (Lipinski definition) is 6. The number of hydrogen-bond donors (Lipinski definition) is 1. The molecule has 0 saturated carbocycles. The maximum atomic E-state index is 13.7. The summed E-state index contributed by atoms with van der Waals surface area (Å²) in [6.07, 6.45) is 3.60. The van der Waals surface area contributed by atoms with Crippen LogP contribution in [0.1, 0.15) is 78.9 Å². The van der Waals surface area contributed by atoms with Gasteiger partial charge in [-0.05, 0) is 44.7 Å². The van der Waals surface area contributed by atoms with Crippen molar-refractivity contribution >= 4 is 28.5 Å². The Morgan fingerprint density at radius 1 is 0.971 bits per heavy atom. The first-order chi connectivity index (χ1) is 16.7. The van der Waals surface area contributed by atoms with Crippen LogP contribution < -0.4 is 14.8 Å². The standard InChI is InChI=1S/C26H33N5O4/c1-15(2)20-11-17(19-14-27-31(16(3)4)24(19)28-20)25(32)29-21-13-23(35-6)22(34-5)12-18(21)26(33)30-9-7-8-10-30/h11-16H,7-10H2,1-6H3,(H,29,32). The molecule has 1 aromatic carbocycles. The minimum absolute atomic E-state index is 0.0915. The summed E-state index contributed by atoms with van der Waals surface area (Å²) < 4.78 is 12.7. The van der Waals surface area contributed by atoms with Gasteiger partial charge in [-0.15, -0.1) is 0 Å². The fourth-order valence-electron chi connectivity index (χ4n) is 4.34. The van der Waals surface area contributed by atoms with Crippen molar-refractivity contribution in [3.05, 3.63) is 41.2 Å². The smallest absolute Gasteiger partial charge is 0.256 e. The van der Waals surface area contributed by atoms with Gasteiger partial charge in [0.15, 0.2) is 17.1 Å². The van der Waals surface area contributed by atoms with E-state index in [1.807, 2.05) is 32.4 Å². The van der Waals surface area contributed by atoms with Crippen molar-refractivity contribution < 1.29 is 19.1 Å². The zero-order valence-corrected chi connectivity index (χ0v) is 21.2. The molecule has 0 radical (unpaired) electrons. The van der Waals surface area contributed by atoms with Crippen LogP contribution in [0.3, 0.4) is 0 Å². The summed E-state index contributed by atoms with van der Waals surface area (Å²) in [6, 6.07) is 5.17. The van der Waals surface area contributed by atoms with Crippen LogP contribution >= 0.6 is 0 Å². The summed E-state index contributed by atoms with van der Waals surface area (Å²) in [5.74, 6) is 0.491. The molecule has 0 atom stereocenters. The van der Waals surface area contributed by atoms with E-state index in [4.69, 9.17) is 14.5 Å². The van der Waals surface area contributed by atoms with Gasteiger partial charge < -0.3 is 19.7 Å². The number of fused-ring (bicyclic) bond motifs is 1. The first-order valence-electron chi connectivity index (χ1n) is 12.0. The molecular weight excluding hydrogens is 446 g/mol. The van der Waals surface area contributed by atoms with E-state index in [9.17, 15) is 9.59 Å². The summed E-state index contributed by atoms with van der Waals surface area (Å²) in [6.45, 7) is 9.50. The van der Waals surface area contributed by atoms with Gasteiger partial charge in [-0.25, -0.2) is 9.67 Å². The predicted molar refractivity (Wildman–Crippen MR) is 135 cm³/mol. The van der Waals surface area contributed by atoms with Gasteiger partial charge in [0, 0.05) is 30.9 Å². The summed E-state index contributed by atoms with van der Waals surface area (Å²) >= 11 is 0. The van der Waals surface area contributed by atoms with Gasteiger partial charge in [-0.3, -0.25) is 9.59 Å². The Balaban J connectivity index is 1.80. The highest BCUT2D eigenvalue weighted by Crippen LogP contribution is 2.35. The van der Waals surface area contributed by atoms with Crippen molar-refractivity contribution in [2.24, 2.45) is 0 Å². The lowest BCUT2D eigenvalue weighted by molar-refractivity contribution is 0.0793. The number of anilines is 1. The van der Waals surface area contributed by atoms with Gasteiger partial charge in [0.25, 0.3) is 11.8 Å². The van der Waals surface area contributed by atoms with E-state index >= 15 is 0 Å². The highest BCUT2D eigenvalue weighted by atomic mass is 16.5. The molecular formula is C26H33N5O4. The molecule has 1 saturated heterocycles. The Bertz CT molecular complexity index is 1260. The number of likely N-dealkylation sites (tertiary alicyclic amines) is 1. The van der Waals surface area contributed by atoms with E-state index in [1.54, 1.807) is 29.3 Å². The van der Waals surface area contributed by atoms with E-state index < -0.39 is 0 Å². The molecule has 9 heteroatoms. The molecule has 2 amide bonds. The third-order valence-corrected chi connectivity index (χ3v) is 6.31. The number of nitrogens with one attached hydrogen (secondary N) is 1. The van der Waals surface area contributed by atoms with Crippen LogP contribution in [0.15, 0.2) is 24.4 Å². The largest absolute Gasteiger partial charge is 0.493 e. The third kappa shape index (κ3) is 4.67. The average Bonchev–Trinajstić information content (AvgIpc) is 3.52. The second-order valence-electron chi connectivity index (χ2n) is 9.38. The number of benzene rings is 1. The Hall–Kier alpha value is -3.62. The fourth-order valence-corrected chi connectivity index (χ4v) is 4.34. The number of ether oxygens (including phenoxy) is 2. The van der Waals surface area contributed by atoms with Crippen LogP contribution in [0.5, 0.6) is 11.5 Å². The van der Waals surface area contributed by atoms with E-state index in [2.05, 4.69) is 10.4 Å². The number of aromatic nitrogens is 3. The lowest BCUT2D eigenvalue weighted by Crippen LogP contribution is -2.29.